The van der Waals surface area contributed by atoms with Crippen molar-refractivity contribution in [1.82, 2.24) is 5.32 Å². The molecule has 0 unspecified atom stereocenters. The summed E-state index contributed by atoms with van der Waals surface area (Å²) in [5, 5.41) is 6.01. The summed E-state index contributed by atoms with van der Waals surface area (Å²) in [6.07, 6.45) is 1.04. The van der Waals surface area contributed by atoms with Gasteiger partial charge in [-0.25, -0.2) is 0 Å². The molecular formula is C16H22N2. The smallest absolute Gasteiger partial charge is 0.0223 e. The number of nitrogens with two attached hydrogens (primary N) is 1. The Morgan fingerprint density at radius 1 is 1.06 bits per heavy atom. The van der Waals surface area contributed by atoms with Crippen LogP contribution in [0.25, 0.3) is 10.8 Å². The maximum atomic E-state index is 5.93. The van der Waals surface area contributed by atoms with Crippen LogP contribution in [-0.2, 0) is 6.42 Å². The van der Waals surface area contributed by atoms with Gasteiger partial charge in [-0.15, -0.1) is 0 Å². The van der Waals surface area contributed by atoms with Gasteiger partial charge in [-0.05, 0) is 43.1 Å². The van der Waals surface area contributed by atoms with Crippen LogP contribution in [-0.4, -0.2) is 18.6 Å². The number of benzene rings is 2. The van der Waals surface area contributed by atoms with E-state index in [-0.39, 0.29) is 5.54 Å². The monoisotopic (exact) mass is 242 g/mol. The molecule has 0 spiro atoms. The van der Waals surface area contributed by atoms with Crippen LogP contribution in [0, 0.1) is 0 Å². The Morgan fingerprint density at radius 3 is 2.50 bits per heavy atom. The summed E-state index contributed by atoms with van der Waals surface area (Å²) in [4.78, 5) is 0. The van der Waals surface area contributed by atoms with E-state index in [1.807, 2.05) is 13.8 Å². The van der Waals surface area contributed by atoms with E-state index in [1.54, 1.807) is 0 Å². The van der Waals surface area contributed by atoms with Gasteiger partial charge >= 0.3 is 0 Å². The molecule has 3 N–H and O–H groups in total. The highest BCUT2D eigenvalue weighted by molar-refractivity contribution is 5.82. The molecule has 2 rings (SSSR count). The van der Waals surface area contributed by atoms with Gasteiger partial charge in [0.2, 0.25) is 0 Å². The van der Waals surface area contributed by atoms with Gasteiger partial charge in [-0.3, -0.25) is 0 Å². The van der Waals surface area contributed by atoms with Gasteiger partial charge in [-0.2, -0.15) is 0 Å². The fourth-order valence-corrected chi connectivity index (χ4v) is 2.04. The molecule has 0 aromatic heterocycles. The molecule has 0 saturated carbocycles. The van der Waals surface area contributed by atoms with E-state index in [0.29, 0.717) is 0 Å². The van der Waals surface area contributed by atoms with Crippen molar-refractivity contribution in [2.24, 2.45) is 5.73 Å². The Morgan fingerprint density at radius 2 is 1.78 bits per heavy atom. The normalized spacial score (nSPS) is 11.9. The first-order valence-corrected chi connectivity index (χ1v) is 6.52. The second kappa shape index (κ2) is 5.51. The number of fused-ring (bicyclic) bond motifs is 1. The van der Waals surface area contributed by atoms with Crippen molar-refractivity contribution in [2.75, 3.05) is 13.1 Å². The Bertz CT molecular complexity index is 512. The summed E-state index contributed by atoms with van der Waals surface area (Å²) < 4.78 is 0. The Kier molecular flexibility index (Phi) is 4.00. The zero-order valence-corrected chi connectivity index (χ0v) is 11.2. The third kappa shape index (κ3) is 3.83. The Hall–Kier alpha value is -1.38. The van der Waals surface area contributed by atoms with Crippen LogP contribution in [0.1, 0.15) is 19.4 Å². The summed E-state index contributed by atoms with van der Waals surface area (Å²) in [5.41, 5.74) is 7.16. The van der Waals surface area contributed by atoms with Crippen molar-refractivity contribution < 1.29 is 0 Å². The van der Waals surface area contributed by atoms with Crippen LogP contribution in [0.15, 0.2) is 42.5 Å². The lowest BCUT2D eigenvalue weighted by Gasteiger charge is -2.18. The number of nitrogens with one attached hydrogen (secondary N) is 1. The Balaban J connectivity index is 1.92. The van der Waals surface area contributed by atoms with Crippen LogP contribution >= 0.6 is 0 Å². The summed E-state index contributed by atoms with van der Waals surface area (Å²) in [6, 6.07) is 15.1. The lowest BCUT2D eigenvalue weighted by Crippen LogP contribution is -2.43. The molecule has 2 nitrogen and oxygen atoms in total. The second-order valence-electron chi connectivity index (χ2n) is 5.60. The quantitative estimate of drug-likeness (QED) is 0.791. The van der Waals surface area contributed by atoms with Crippen molar-refractivity contribution in [3.63, 3.8) is 0 Å². The standard InChI is InChI=1S/C16H22N2/c1-16(2,17)12-18-10-9-13-7-8-14-5-3-4-6-15(14)11-13/h3-8,11,18H,9-10,12,17H2,1-2H3. The molecule has 2 heteroatoms. The summed E-state index contributed by atoms with van der Waals surface area (Å²) in [5.74, 6) is 0. The molecule has 18 heavy (non-hydrogen) atoms. The molecule has 0 radical (unpaired) electrons. The zero-order valence-electron chi connectivity index (χ0n) is 11.2. The molecular weight excluding hydrogens is 220 g/mol. The topological polar surface area (TPSA) is 38.0 Å². The van der Waals surface area contributed by atoms with Crippen LogP contribution in [0.3, 0.4) is 0 Å². The van der Waals surface area contributed by atoms with E-state index in [4.69, 9.17) is 5.73 Å². The molecule has 0 aliphatic rings. The van der Waals surface area contributed by atoms with Crippen molar-refractivity contribution in [1.29, 1.82) is 0 Å². The van der Waals surface area contributed by atoms with Gasteiger partial charge in [0.1, 0.15) is 0 Å². The number of hydrogen-bond donors (Lipinski definition) is 2. The molecule has 0 aliphatic heterocycles. The molecule has 2 aromatic rings. The fraction of sp³-hybridized carbons (Fsp3) is 0.375. The van der Waals surface area contributed by atoms with E-state index in [2.05, 4.69) is 47.8 Å². The molecule has 96 valence electrons. The van der Waals surface area contributed by atoms with Crippen molar-refractivity contribution >= 4 is 10.8 Å². The van der Waals surface area contributed by atoms with Gasteiger partial charge in [0.05, 0.1) is 0 Å². The maximum Gasteiger partial charge on any atom is 0.0223 e. The predicted octanol–water partition coefficient (Wildman–Crippen LogP) is 2.71. The lowest BCUT2D eigenvalue weighted by atomic mass is 10.0. The molecule has 0 atom stereocenters. The lowest BCUT2D eigenvalue weighted by molar-refractivity contribution is 0.469. The van der Waals surface area contributed by atoms with Crippen LogP contribution in [0.4, 0.5) is 0 Å². The molecule has 0 heterocycles. The van der Waals surface area contributed by atoms with Crippen LogP contribution in [0.2, 0.25) is 0 Å². The highest BCUT2D eigenvalue weighted by Gasteiger charge is 2.08. The largest absolute Gasteiger partial charge is 0.324 e. The summed E-state index contributed by atoms with van der Waals surface area (Å²) >= 11 is 0. The molecule has 0 fully saturated rings. The molecule has 2 aromatic carbocycles. The Labute approximate surface area is 109 Å². The van der Waals surface area contributed by atoms with E-state index < -0.39 is 0 Å². The van der Waals surface area contributed by atoms with Crippen LogP contribution < -0.4 is 11.1 Å². The highest BCUT2D eigenvalue weighted by Crippen LogP contribution is 2.15. The molecule has 0 bridgehead atoms. The minimum atomic E-state index is -0.136. The van der Waals surface area contributed by atoms with E-state index in [9.17, 15) is 0 Å². The van der Waals surface area contributed by atoms with Gasteiger partial charge < -0.3 is 11.1 Å². The summed E-state index contributed by atoms with van der Waals surface area (Å²) in [6.45, 7) is 5.89. The molecule has 0 saturated heterocycles. The first-order valence-electron chi connectivity index (χ1n) is 6.52. The first kappa shape index (κ1) is 13.1. The SMILES string of the molecule is CC(C)(N)CNCCc1ccc2ccccc2c1. The zero-order chi connectivity index (χ0) is 13.0. The first-order chi connectivity index (χ1) is 8.54. The third-order valence-electron chi connectivity index (χ3n) is 2.98. The second-order valence-corrected chi connectivity index (χ2v) is 5.60. The molecule has 0 aliphatic carbocycles. The molecule has 0 amide bonds. The predicted molar refractivity (Wildman–Crippen MR) is 78.8 cm³/mol. The van der Waals surface area contributed by atoms with Crippen molar-refractivity contribution in [2.45, 2.75) is 25.8 Å². The van der Waals surface area contributed by atoms with Crippen molar-refractivity contribution in [3.8, 4) is 0 Å². The number of rotatable bonds is 5. The van der Waals surface area contributed by atoms with Crippen LogP contribution in [0.5, 0.6) is 0 Å². The summed E-state index contributed by atoms with van der Waals surface area (Å²) in [7, 11) is 0. The fourth-order valence-electron chi connectivity index (χ4n) is 2.04. The number of hydrogen-bond acceptors (Lipinski definition) is 2. The average molecular weight is 242 g/mol. The highest BCUT2D eigenvalue weighted by atomic mass is 14.9. The minimum Gasteiger partial charge on any atom is -0.324 e. The van der Waals surface area contributed by atoms with Gasteiger partial charge in [0, 0.05) is 12.1 Å². The van der Waals surface area contributed by atoms with Gasteiger partial charge in [0.25, 0.3) is 0 Å². The van der Waals surface area contributed by atoms with Gasteiger partial charge in [0.15, 0.2) is 0 Å². The van der Waals surface area contributed by atoms with E-state index in [0.717, 1.165) is 19.5 Å². The van der Waals surface area contributed by atoms with E-state index in [1.165, 1.54) is 16.3 Å². The van der Waals surface area contributed by atoms with Crippen molar-refractivity contribution in [3.05, 3.63) is 48.0 Å². The minimum absolute atomic E-state index is 0.136. The van der Waals surface area contributed by atoms with Gasteiger partial charge in [-0.1, -0.05) is 42.5 Å². The maximum absolute atomic E-state index is 5.93. The van der Waals surface area contributed by atoms with E-state index >= 15 is 0 Å². The average Bonchev–Trinajstić information content (AvgIpc) is 2.33. The third-order valence-corrected chi connectivity index (χ3v) is 2.98.